The largest absolute Gasteiger partial charge is 0.493 e. The molecule has 3 N–H and O–H groups in total. The van der Waals surface area contributed by atoms with Gasteiger partial charge in [-0.1, -0.05) is 11.2 Å². The third kappa shape index (κ3) is 2.59. The molecule has 1 aromatic carbocycles. The van der Waals surface area contributed by atoms with Crippen molar-refractivity contribution < 1.29 is 14.3 Å². The molecule has 0 saturated carbocycles. The number of aryl methyl sites for hydroxylation is 1. The average Bonchev–Trinajstić information content (AvgIpc) is 2.17. The van der Waals surface area contributed by atoms with Crippen molar-refractivity contribution in [3.05, 3.63) is 29.1 Å². The van der Waals surface area contributed by atoms with Crippen LogP contribution in [0.5, 0.6) is 5.75 Å². The molecule has 0 atom stereocenters. The third-order valence-electron chi connectivity index (χ3n) is 1.97. The molecule has 0 aliphatic rings. The van der Waals surface area contributed by atoms with Gasteiger partial charge in [0.2, 0.25) is 0 Å². The van der Waals surface area contributed by atoms with Gasteiger partial charge in [-0.15, -0.1) is 0 Å². The lowest BCUT2D eigenvalue weighted by Crippen LogP contribution is -2.15. The van der Waals surface area contributed by atoms with E-state index in [2.05, 4.69) is 5.16 Å². The number of nitrogens with zero attached hydrogens (tertiary/aromatic N) is 1. The number of oxime groups is 1. The van der Waals surface area contributed by atoms with Crippen LogP contribution in [0.25, 0.3) is 0 Å². The van der Waals surface area contributed by atoms with Crippen molar-refractivity contribution in [3.8, 4) is 5.75 Å². The van der Waals surface area contributed by atoms with Gasteiger partial charge in [-0.25, -0.2) is 4.39 Å². The summed E-state index contributed by atoms with van der Waals surface area (Å²) in [4.78, 5) is 0. The molecule has 0 fully saturated rings. The summed E-state index contributed by atoms with van der Waals surface area (Å²) in [6, 6.07) is 3.11. The molecule has 0 unspecified atom stereocenters. The quantitative estimate of drug-likeness (QED) is 0.344. The van der Waals surface area contributed by atoms with Crippen LogP contribution < -0.4 is 10.5 Å². The first kappa shape index (κ1) is 11.3. The Bertz CT molecular complexity index is 391. The van der Waals surface area contributed by atoms with Gasteiger partial charge in [0.05, 0.1) is 7.11 Å². The van der Waals surface area contributed by atoms with Gasteiger partial charge < -0.3 is 15.7 Å². The molecule has 0 aliphatic heterocycles. The number of methoxy groups -OCH3 is 1. The molecule has 0 aliphatic carbocycles. The van der Waals surface area contributed by atoms with Gasteiger partial charge in [-0.05, 0) is 18.6 Å². The number of hydrogen-bond acceptors (Lipinski definition) is 3. The highest BCUT2D eigenvalue weighted by atomic mass is 19.1. The van der Waals surface area contributed by atoms with E-state index in [9.17, 15) is 4.39 Å². The van der Waals surface area contributed by atoms with Gasteiger partial charge in [0.25, 0.3) is 0 Å². The van der Waals surface area contributed by atoms with Crippen molar-refractivity contribution in [3.63, 3.8) is 0 Å². The zero-order valence-electron chi connectivity index (χ0n) is 8.62. The van der Waals surface area contributed by atoms with Crippen LogP contribution in [0.2, 0.25) is 0 Å². The molecule has 0 heterocycles. The fraction of sp³-hybridized carbons (Fsp3) is 0.300. The molecule has 1 aromatic rings. The molecule has 4 nitrogen and oxygen atoms in total. The van der Waals surface area contributed by atoms with Crippen LogP contribution in [0.1, 0.15) is 11.1 Å². The molecule has 0 amide bonds. The molecule has 0 radical (unpaired) electrons. The second-order valence-electron chi connectivity index (χ2n) is 3.21. The number of nitrogens with two attached hydrogens (primary N) is 1. The van der Waals surface area contributed by atoms with E-state index in [1.165, 1.54) is 13.2 Å². The van der Waals surface area contributed by atoms with E-state index in [-0.39, 0.29) is 18.0 Å². The third-order valence-corrected chi connectivity index (χ3v) is 1.97. The van der Waals surface area contributed by atoms with Crippen molar-refractivity contribution in [1.29, 1.82) is 0 Å². The van der Waals surface area contributed by atoms with Gasteiger partial charge in [-0.3, -0.25) is 0 Å². The summed E-state index contributed by atoms with van der Waals surface area (Å²) in [5.74, 6) is -0.302. The lowest BCUT2D eigenvalue weighted by Gasteiger charge is -2.09. The Morgan fingerprint density at radius 3 is 2.80 bits per heavy atom. The fourth-order valence-corrected chi connectivity index (χ4v) is 1.39. The van der Waals surface area contributed by atoms with E-state index >= 15 is 0 Å². The topological polar surface area (TPSA) is 67.8 Å². The van der Waals surface area contributed by atoms with E-state index in [4.69, 9.17) is 15.7 Å². The summed E-state index contributed by atoms with van der Waals surface area (Å²) in [6.07, 6.45) is 0.151. The summed E-state index contributed by atoms with van der Waals surface area (Å²) in [5, 5.41) is 11.3. The number of amidine groups is 1. The van der Waals surface area contributed by atoms with Gasteiger partial charge in [0.1, 0.15) is 5.84 Å². The highest BCUT2D eigenvalue weighted by molar-refractivity contribution is 5.82. The Morgan fingerprint density at radius 2 is 2.27 bits per heavy atom. The number of hydrogen-bond donors (Lipinski definition) is 2. The lowest BCUT2D eigenvalue weighted by molar-refractivity contribution is 0.317. The highest BCUT2D eigenvalue weighted by Crippen LogP contribution is 2.24. The minimum atomic E-state index is -0.446. The second-order valence-corrected chi connectivity index (χ2v) is 3.21. The predicted molar refractivity (Wildman–Crippen MR) is 54.8 cm³/mol. The molecular formula is C10H13FN2O2. The molecule has 5 heteroatoms. The minimum Gasteiger partial charge on any atom is -0.493 e. The average molecular weight is 212 g/mol. The van der Waals surface area contributed by atoms with Crippen LogP contribution in [0.3, 0.4) is 0 Å². The van der Waals surface area contributed by atoms with Crippen molar-refractivity contribution in [2.45, 2.75) is 13.3 Å². The summed E-state index contributed by atoms with van der Waals surface area (Å²) >= 11 is 0. The zero-order valence-corrected chi connectivity index (χ0v) is 8.62. The fourth-order valence-electron chi connectivity index (χ4n) is 1.39. The van der Waals surface area contributed by atoms with Gasteiger partial charge >= 0.3 is 0 Å². The lowest BCUT2D eigenvalue weighted by atomic mass is 10.1. The monoisotopic (exact) mass is 212 g/mol. The van der Waals surface area contributed by atoms with Gasteiger partial charge in [-0.2, -0.15) is 0 Å². The van der Waals surface area contributed by atoms with Crippen LogP contribution >= 0.6 is 0 Å². The van der Waals surface area contributed by atoms with Gasteiger partial charge in [0.15, 0.2) is 11.6 Å². The Balaban J connectivity index is 3.14. The summed E-state index contributed by atoms with van der Waals surface area (Å²) in [7, 11) is 1.38. The summed E-state index contributed by atoms with van der Waals surface area (Å²) in [5.41, 5.74) is 6.67. The van der Waals surface area contributed by atoms with E-state index < -0.39 is 5.82 Å². The maximum Gasteiger partial charge on any atom is 0.165 e. The summed E-state index contributed by atoms with van der Waals surface area (Å²) in [6.45, 7) is 1.76. The SMILES string of the molecule is COc1c(F)cc(C)cc1C/C(N)=N/O. The maximum atomic E-state index is 13.4. The van der Waals surface area contributed by atoms with E-state index in [0.29, 0.717) is 5.56 Å². The van der Waals surface area contributed by atoms with Crippen LogP contribution in [0, 0.1) is 12.7 Å². The van der Waals surface area contributed by atoms with E-state index in [0.717, 1.165) is 5.56 Å². The summed E-state index contributed by atoms with van der Waals surface area (Å²) < 4.78 is 18.3. The van der Waals surface area contributed by atoms with E-state index in [1.54, 1.807) is 13.0 Å². The molecular weight excluding hydrogens is 199 g/mol. The molecule has 82 valence electrons. The van der Waals surface area contributed by atoms with Crippen molar-refractivity contribution in [1.82, 2.24) is 0 Å². The normalized spacial score (nSPS) is 11.5. The van der Waals surface area contributed by atoms with Crippen LogP contribution in [0.15, 0.2) is 17.3 Å². The maximum absolute atomic E-state index is 13.4. The predicted octanol–water partition coefficient (Wildman–Crippen LogP) is 1.43. The molecule has 0 saturated heterocycles. The molecule has 0 bridgehead atoms. The van der Waals surface area contributed by atoms with Crippen LogP contribution in [-0.4, -0.2) is 18.2 Å². The Hall–Kier alpha value is -1.78. The van der Waals surface area contributed by atoms with Crippen LogP contribution in [-0.2, 0) is 6.42 Å². The second kappa shape index (κ2) is 4.63. The van der Waals surface area contributed by atoms with Gasteiger partial charge in [0, 0.05) is 12.0 Å². The van der Waals surface area contributed by atoms with Crippen molar-refractivity contribution in [2.24, 2.45) is 10.9 Å². The van der Waals surface area contributed by atoms with Crippen molar-refractivity contribution >= 4 is 5.84 Å². The standard InChI is InChI=1S/C10H13FN2O2/c1-6-3-7(5-9(12)13-14)10(15-2)8(11)4-6/h3-4,14H,5H2,1-2H3,(H2,12,13). The number of halogens is 1. The van der Waals surface area contributed by atoms with Crippen LogP contribution in [0.4, 0.5) is 4.39 Å². The Labute approximate surface area is 87.2 Å². The minimum absolute atomic E-state index is 0.0123. The van der Waals surface area contributed by atoms with E-state index in [1.807, 2.05) is 0 Å². The first-order chi connectivity index (χ1) is 7.08. The number of ether oxygens (including phenoxy) is 1. The smallest absolute Gasteiger partial charge is 0.165 e. The number of rotatable bonds is 3. The number of benzene rings is 1. The molecule has 1 rings (SSSR count). The molecule has 15 heavy (non-hydrogen) atoms. The first-order valence-corrected chi connectivity index (χ1v) is 4.38. The highest BCUT2D eigenvalue weighted by Gasteiger charge is 2.11. The van der Waals surface area contributed by atoms with Crippen molar-refractivity contribution in [2.75, 3.05) is 7.11 Å². The first-order valence-electron chi connectivity index (χ1n) is 4.38. The molecule has 0 spiro atoms. The molecule has 0 aromatic heterocycles. The Morgan fingerprint density at radius 1 is 1.60 bits per heavy atom. The Kier molecular flexibility index (Phi) is 3.49. The zero-order chi connectivity index (χ0) is 11.4.